The molecule has 2 N–H and O–H groups in total. The molecule has 0 aromatic heterocycles. The Bertz CT molecular complexity index is 846. The van der Waals surface area contributed by atoms with E-state index in [4.69, 9.17) is 5.73 Å². The molecule has 1 heterocycles. The van der Waals surface area contributed by atoms with Gasteiger partial charge in [0.1, 0.15) is 0 Å². The van der Waals surface area contributed by atoms with Crippen LogP contribution in [0.5, 0.6) is 0 Å². The van der Waals surface area contributed by atoms with Crippen molar-refractivity contribution in [3.8, 4) is 0 Å². The predicted molar refractivity (Wildman–Crippen MR) is 99.0 cm³/mol. The average Bonchev–Trinajstić information content (AvgIpc) is 2.63. The van der Waals surface area contributed by atoms with E-state index in [0.717, 1.165) is 12.8 Å². The summed E-state index contributed by atoms with van der Waals surface area (Å²) in [6.45, 7) is 0.889. The van der Waals surface area contributed by atoms with Crippen LogP contribution in [0.25, 0.3) is 0 Å². The van der Waals surface area contributed by atoms with Gasteiger partial charge in [0.05, 0.1) is 10.5 Å². The molecule has 1 saturated heterocycles. The third-order valence-corrected chi connectivity index (χ3v) is 7.52. The Kier molecular flexibility index (Phi) is 5.46. The lowest BCUT2D eigenvalue weighted by atomic mass is 10.2. The number of nitrogens with zero attached hydrogens (tertiary/aromatic N) is 1. The van der Waals surface area contributed by atoms with E-state index in [2.05, 4.69) is 12.1 Å². The van der Waals surface area contributed by atoms with Crippen molar-refractivity contribution in [1.82, 2.24) is 4.31 Å². The van der Waals surface area contributed by atoms with E-state index in [0.29, 0.717) is 18.3 Å². The zero-order chi connectivity index (χ0) is 17.9. The molecule has 0 bridgehead atoms. The molecule has 7 heteroatoms. The quantitative estimate of drug-likeness (QED) is 0.870. The fourth-order valence-electron chi connectivity index (χ4n) is 2.92. The summed E-state index contributed by atoms with van der Waals surface area (Å²) < 4.78 is 27.2. The molecule has 0 aliphatic carbocycles. The molecule has 0 unspecified atom stereocenters. The Morgan fingerprint density at radius 2 is 1.60 bits per heavy atom. The maximum absolute atomic E-state index is 12.9. The summed E-state index contributed by atoms with van der Waals surface area (Å²) in [6, 6.07) is 16.2. The highest BCUT2D eigenvalue weighted by molar-refractivity contribution is 8.00. The van der Waals surface area contributed by atoms with Gasteiger partial charge in [0.2, 0.25) is 15.9 Å². The van der Waals surface area contributed by atoms with Crippen molar-refractivity contribution >= 4 is 27.7 Å². The first-order chi connectivity index (χ1) is 12.0. The Balaban J connectivity index is 1.71. The molecule has 5 nitrogen and oxygen atoms in total. The van der Waals surface area contributed by atoms with Crippen molar-refractivity contribution in [2.75, 3.05) is 13.1 Å². The van der Waals surface area contributed by atoms with Gasteiger partial charge in [-0.3, -0.25) is 4.79 Å². The maximum Gasteiger partial charge on any atom is 0.250 e. The summed E-state index contributed by atoms with van der Waals surface area (Å²) in [5.41, 5.74) is 5.37. The Hall–Kier alpha value is -1.83. The highest BCUT2D eigenvalue weighted by Crippen LogP contribution is 2.32. The number of carbonyl (C=O) groups is 1. The molecule has 0 radical (unpaired) electrons. The number of carbonyl (C=O) groups excluding carboxylic acids is 1. The third-order valence-electron chi connectivity index (χ3n) is 4.22. The fraction of sp³-hybridized carbons (Fsp3) is 0.278. The zero-order valence-corrected chi connectivity index (χ0v) is 15.3. The summed E-state index contributed by atoms with van der Waals surface area (Å²) >= 11 is 1.79. The van der Waals surface area contributed by atoms with Gasteiger partial charge in [0.25, 0.3) is 0 Å². The Morgan fingerprint density at radius 3 is 2.24 bits per heavy atom. The van der Waals surface area contributed by atoms with Gasteiger partial charge in [-0.05, 0) is 37.1 Å². The average molecular weight is 377 g/mol. The first-order valence-electron chi connectivity index (χ1n) is 8.09. The van der Waals surface area contributed by atoms with Crippen LogP contribution >= 0.6 is 11.8 Å². The Labute approximate surface area is 152 Å². The van der Waals surface area contributed by atoms with Gasteiger partial charge in [-0.25, -0.2) is 8.42 Å². The van der Waals surface area contributed by atoms with Crippen LogP contribution in [0.1, 0.15) is 23.2 Å². The highest BCUT2D eigenvalue weighted by atomic mass is 32.2. The zero-order valence-electron chi connectivity index (χ0n) is 13.7. The predicted octanol–water partition coefficient (Wildman–Crippen LogP) is 2.73. The van der Waals surface area contributed by atoms with Crippen molar-refractivity contribution in [2.24, 2.45) is 5.73 Å². The van der Waals surface area contributed by atoms with Gasteiger partial charge in [-0.15, -0.1) is 11.8 Å². The molecule has 1 fully saturated rings. The first kappa shape index (κ1) is 18.0. The minimum Gasteiger partial charge on any atom is -0.366 e. The van der Waals surface area contributed by atoms with Gasteiger partial charge in [0.15, 0.2) is 0 Å². The molecule has 132 valence electrons. The summed E-state index contributed by atoms with van der Waals surface area (Å²) in [6.07, 6.45) is 1.55. The SMILES string of the molecule is NC(=O)c1ccccc1S(=O)(=O)N1CCC(Sc2ccccc2)CC1. The van der Waals surface area contributed by atoms with E-state index in [-0.39, 0.29) is 10.5 Å². The molecule has 2 aromatic rings. The molecule has 1 aliphatic rings. The van der Waals surface area contributed by atoms with Crippen molar-refractivity contribution in [1.29, 1.82) is 0 Å². The molecule has 0 saturated carbocycles. The van der Waals surface area contributed by atoms with Gasteiger partial charge in [-0.1, -0.05) is 30.3 Å². The first-order valence-corrected chi connectivity index (χ1v) is 10.4. The van der Waals surface area contributed by atoms with Crippen molar-refractivity contribution in [3.05, 3.63) is 60.2 Å². The normalized spacial score (nSPS) is 16.6. The lowest BCUT2D eigenvalue weighted by molar-refractivity contribution is 0.0997. The van der Waals surface area contributed by atoms with Gasteiger partial charge in [-0.2, -0.15) is 4.31 Å². The maximum atomic E-state index is 12.9. The second kappa shape index (κ2) is 7.59. The van der Waals surface area contributed by atoms with Crippen LogP contribution in [0, 0.1) is 0 Å². The second-order valence-corrected chi connectivity index (χ2v) is 9.17. The van der Waals surface area contributed by atoms with Gasteiger partial charge < -0.3 is 5.73 Å². The minimum absolute atomic E-state index is 0.00309. The molecule has 1 amide bonds. The number of hydrogen-bond acceptors (Lipinski definition) is 4. The smallest absolute Gasteiger partial charge is 0.250 e. The molecule has 25 heavy (non-hydrogen) atoms. The molecule has 2 aromatic carbocycles. The molecular weight excluding hydrogens is 356 g/mol. The number of benzene rings is 2. The fourth-order valence-corrected chi connectivity index (χ4v) is 5.73. The van der Waals surface area contributed by atoms with Crippen LogP contribution in [0.3, 0.4) is 0 Å². The third kappa shape index (κ3) is 4.05. The van der Waals surface area contributed by atoms with Gasteiger partial charge >= 0.3 is 0 Å². The highest BCUT2D eigenvalue weighted by Gasteiger charge is 2.31. The molecule has 1 aliphatic heterocycles. The van der Waals surface area contributed by atoms with E-state index in [1.807, 2.05) is 18.2 Å². The van der Waals surface area contributed by atoms with Crippen LogP contribution in [0.4, 0.5) is 0 Å². The number of amides is 1. The lowest BCUT2D eigenvalue weighted by Crippen LogP contribution is -2.40. The molecule has 3 rings (SSSR count). The van der Waals surface area contributed by atoms with E-state index in [9.17, 15) is 13.2 Å². The van der Waals surface area contributed by atoms with Crippen molar-refractivity contribution in [2.45, 2.75) is 27.9 Å². The topological polar surface area (TPSA) is 80.5 Å². The molecule has 0 atom stereocenters. The van der Waals surface area contributed by atoms with Crippen LogP contribution in [-0.2, 0) is 10.0 Å². The second-order valence-electron chi connectivity index (χ2n) is 5.89. The number of hydrogen-bond donors (Lipinski definition) is 1. The van der Waals surface area contributed by atoms with Crippen LogP contribution in [0.2, 0.25) is 0 Å². The van der Waals surface area contributed by atoms with E-state index in [1.54, 1.807) is 23.9 Å². The van der Waals surface area contributed by atoms with E-state index < -0.39 is 15.9 Å². The van der Waals surface area contributed by atoms with Crippen molar-refractivity contribution < 1.29 is 13.2 Å². The molecule has 0 spiro atoms. The molecular formula is C18H20N2O3S2. The number of nitrogens with two attached hydrogens (primary N) is 1. The number of rotatable bonds is 5. The van der Waals surface area contributed by atoms with Gasteiger partial charge in [0, 0.05) is 23.2 Å². The number of primary amides is 1. The summed E-state index contributed by atoms with van der Waals surface area (Å²) in [5, 5.41) is 0.389. The Morgan fingerprint density at radius 1 is 1.00 bits per heavy atom. The van der Waals surface area contributed by atoms with Crippen molar-refractivity contribution in [3.63, 3.8) is 0 Å². The number of sulfonamides is 1. The van der Waals surface area contributed by atoms with Crippen LogP contribution < -0.4 is 5.73 Å². The number of thioether (sulfide) groups is 1. The van der Waals surface area contributed by atoms with E-state index >= 15 is 0 Å². The summed E-state index contributed by atoms with van der Waals surface area (Å²) in [5.74, 6) is -0.728. The summed E-state index contributed by atoms with van der Waals surface area (Å²) in [7, 11) is -3.71. The van der Waals surface area contributed by atoms with Crippen LogP contribution in [-0.4, -0.2) is 37.0 Å². The summed E-state index contributed by atoms with van der Waals surface area (Å²) in [4.78, 5) is 12.7. The largest absolute Gasteiger partial charge is 0.366 e. The standard InChI is InChI=1S/C18H20N2O3S2/c19-18(21)16-8-4-5-9-17(16)25(22,23)20-12-10-15(11-13-20)24-14-6-2-1-3-7-14/h1-9,15H,10-13H2,(H2,19,21). The minimum atomic E-state index is -3.71. The lowest BCUT2D eigenvalue weighted by Gasteiger charge is -2.31. The van der Waals surface area contributed by atoms with E-state index in [1.165, 1.54) is 21.3 Å². The monoisotopic (exact) mass is 376 g/mol. The number of piperidine rings is 1. The van der Waals surface area contributed by atoms with Crippen LogP contribution in [0.15, 0.2) is 64.4 Å².